The van der Waals surface area contributed by atoms with Crippen molar-refractivity contribution in [2.45, 2.75) is 50.2 Å². The van der Waals surface area contributed by atoms with E-state index in [-0.39, 0.29) is 11.7 Å². The molecule has 132 valence electrons. The fourth-order valence-electron chi connectivity index (χ4n) is 4.02. The molecule has 0 aromatic heterocycles. The first-order chi connectivity index (χ1) is 11.6. The number of amides is 1. The number of hydrogen-bond acceptors (Lipinski definition) is 3. The van der Waals surface area contributed by atoms with Gasteiger partial charge in [-0.25, -0.2) is 8.42 Å². The van der Waals surface area contributed by atoms with E-state index in [1.165, 1.54) is 25.7 Å². The first kappa shape index (κ1) is 17.5. The molecular formula is C19H27NO3S. The highest BCUT2D eigenvalue weighted by Gasteiger charge is 2.32. The van der Waals surface area contributed by atoms with E-state index in [0.717, 1.165) is 12.0 Å². The Morgan fingerprint density at radius 1 is 1.04 bits per heavy atom. The fourth-order valence-corrected chi connectivity index (χ4v) is 5.82. The second-order valence-electron chi connectivity index (χ2n) is 7.12. The minimum Gasteiger partial charge on any atom is -0.342 e. The summed E-state index contributed by atoms with van der Waals surface area (Å²) in [5, 5.41) is -0.480. The van der Waals surface area contributed by atoms with E-state index in [4.69, 9.17) is 0 Å². The van der Waals surface area contributed by atoms with E-state index in [1.807, 2.05) is 30.3 Å². The van der Waals surface area contributed by atoms with Crippen molar-refractivity contribution in [1.82, 2.24) is 4.90 Å². The lowest BCUT2D eigenvalue weighted by atomic mass is 10.0. The number of carbonyl (C=O) groups is 1. The maximum atomic E-state index is 12.6. The molecule has 0 spiro atoms. The Morgan fingerprint density at radius 3 is 2.46 bits per heavy atom. The molecule has 0 radical (unpaired) electrons. The van der Waals surface area contributed by atoms with Gasteiger partial charge >= 0.3 is 0 Å². The Bertz CT molecular complexity index is 650. The van der Waals surface area contributed by atoms with Crippen LogP contribution in [0, 0.1) is 5.92 Å². The summed E-state index contributed by atoms with van der Waals surface area (Å²) < 4.78 is 25.2. The standard InChI is InChI=1S/C19H27NO3S/c21-19(11-10-16-6-4-5-7-16)20-13-12-18(24(22,23)15-14-20)17-8-2-1-3-9-17/h1-3,8-9,16,18H,4-7,10-15H2. The lowest BCUT2D eigenvalue weighted by molar-refractivity contribution is -0.131. The molecule has 1 atom stereocenters. The van der Waals surface area contributed by atoms with Crippen molar-refractivity contribution in [1.29, 1.82) is 0 Å². The van der Waals surface area contributed by atoms with Crippen molar-refractivity contribution in [3.8, 4) is 0 Å². The largest absolute Gasteiger partial charge is 0.342 e. The molecule has 2 aliphatic rings. The third kappa shape index (κ3) is 4.18. The monoisotopic (exact) mass is 349 g/mol. The number of hydrogen-bond donors (Lipinski definition) is 0. The van der Waals surface area contributed by atoms with Crippen LogP contribution in [0.4, 0.5) is 0 Å². The van der Waals surface area contributed by atoms with Crippen molar-refractivity contribution < 1.29 is 13.2 Å². The maximum absolute atomic E-state index is 12.6. The van der Waals surface area contributed by atoms with Gasteiger partial charge in [-0.15, -0.1) is 0 Å². The van der Waals surface area contributed by atoms with Crippen molar-refractivity contribution in [3.63, 3.8) is 0 Å². The number of rotatable bonds is 4. The van der Waals surface area contributed by atoms with Crippen LogP contribution >= 0.6 is 0 Å². The van der Waals surface area contributed by atoms with E-state index in [2.05, 4.69) is 0 Å². The van der Waals surface area contributed by atoms with Gasteiger partial charge in [-0.3, -0.25) is 4.79 Å². The first-order valence-electron chi connectivity index (χ1n) is 9.10. The van der Waals surface area contributed by atoms with Gasteiger partial charge < -0.3 is 4.90 Å². The molecule has 1 aliphatic carbocycles. The molecule has 1 saturated heterocycles. The normalized spacial score (nSPS) is 24.7. The molecule has 2 fully saturated rings. The lowest BCUT2D eigenvalue weighted by Gasteiger charge is -2.21. The predicted molar refractivity (Wildman–Crippen MR) is 95.4 cm³/mol. The van der Waals surface area contributed by atoms with E-state index in [9.17, 15) is 13.2 Å². The summed E-state index contributed by atoms with van der Waals surface area (Å²) >= 11 is 0. The summed E-state index contributed by atoms with van der Waals surface area (Å²) in [6, 6.07) is 9.39. The Morgan fingerprint density at radius 2 is 1.75 bits per heavy atom. The average molecular weight is 349 g/mol. The third-order valence-electron chi connectivity index (χ3n) is 5.51. The van der Waals surface area contributed by atoms with Crippen molar-refractivity contribution >= 4 is 15.7 Å². The van der Waals surface area contributed by atoms with Gasteiger partial charge in [0.15, 0.2) is 9.84 Å². The van der Waals surface area contributed by atoms with Crippen LogP contribution < -0.4 is 0 Å². The topological polar surface area (TPSA) is 54.5 Å². The highest BCUT2D eigenvalue weighted by molar-refractivity contribution is 7.91. The van der Waals surface area contributed by atoms with Crippen LogP contribution in [-0.2, 0) is 14.6 Å². The smallest absolute Gasteiger partial charge is 0.222 e. The quantitative estimate of drug-likeness (QED) is 0.838. The van der Waals surface area contributed by atoms with Crippen LogP contribution in [-0.4, -0.2) is 38.1 Å². The zero-order valence-electron chi connectivity index (χ0n) is 14.2. The van der Waals surface area contributed by atoms with E-state index < -0.39 is 15.1 Å². The molecule has 1 amide bonds. The zero-order valence-corrected chi connectivity index (χ0v) is 15.0. The molecule has 1 aromatic rings. The molecule has 3 rings (SSSR count). The second-order valence-corrected chi connectivity index (χ2v) is 9.43. The van der Waals surface area contributed by atoms with Gasteiger partial charge in [-0.05, 0) is 24.3 Å². The molecule has 4 nitrogen and oxygen atoms in total. The SMILES string of the molecule is O=C(CCC1CCCC1)N1CCC(c2ccccc2)S(=O)(=O)CC1. The van der Waals surface area contributed by atoms with Crippen molar-refractivity contribution in [3.05, 3.63) is 35.9 Å². The van der Waals surface area contributed by atoms with Crippen LogP contribution in [0.3, 0.4) is 0 Å². The number of sulfone groups is 1. The molecule has 24 heavy (non-hydrogen) atoms. The number of nitrogens with zero attached hydrogens (tertiary/aromatic N) is 1. The van der Waals surface area contributed by atoms with Crippen LogP contribution in [0.1, 0.15) is 55.8 Å². The van der Waals surface area contributed by atoms with Crippen molar-refractivity contribution in [2.24, 2.45) is 5.92 Å². The number of carbonyl (C=O) groups excluding carboxylic acids is 1. The number of benzene rings is 1. The highest BCUT2D eigenvalue weighted by Crippen LogP contribution is 2.31. The summed E-state index contributed by atoms with van der Waals surface area (Å²) in [5.74, 6) is 0.898. The van der Waals surface area contributed by atoms with Gasteiger partial charge in [-0.2, -0.15) is 0 Å². The van der Waals surface area contributed by atoms with Gasteiger partial charge in [0.1, 0.15) is 0 Å². The Labute approximate surface area is 145 Å². The van der Waals surface area contributed by atoms with Gasteiger partial charge in [0.05, 0.1) is 11.0 Å². The van der Waals surface area contributed by atoms with Crippen LogP contribution in [0.2, 0.25) is 0 Å². The average Bonchev–Trinajstić information content (AvgIpc) is 3.04. The summed E-state index contributed by atoms with van der Waals surface area (Å²) in [6.07, 6.45) is 7.11. The summed E-state index contributed by atoms with van der Waals surface area (Å²) in [6.45, 7) is 0.886. The molecule has 1 aliphatic heterocycles. The van der Waals surface area contributed by atoms with E-state index in [1.54, 1.807) is 4.90 Å². The first-order valence-corrected chi connectivity index (χ1v) is 10.8. The molecule has 1 heterocycles. The molecule has 1 unspecified atom stereocenters. The lowest BCUT2D eigenvalue weighted by Crippen LogP contribution is -2.33. The molecule has 0 N–H and O–H groups in total. The van der Waals surface area contributed by atoms with Crippen LogP contribution in [0.25, 0.3) is 0 Å². The molecule has 1 saturated carbocycles. The molecular weight excluding hydrogens is 322 g/mol. The summed E-state index contributed by atoms with van der Waals surface area (Å²) in [7, 11) is -3.20. The third-order valence-corrected chi connectivity index (χ3v) is 7.63. The Hall–Kier alpha value is -1.36. The minimum atomic E-state index is -3.20. The molecule has 0 bridgehead atoms. The maximum Gasteiger partial charge on any atom is 0.222 e. The summed E-state index contributed by atoms with van der Waals surface area (Å²) in [5.41, 5.74) is 0.845. The highest BCUT2D eigenvalue weighted by atomic mass is 32.2. The Kier molecular flexibility index (Phi) is 5.59. The fraction of sp³-hybridized carbons (Fsp3) is 0.632. The summed E-state index contributed by atoms with van der Waals surface area (Å²) in [4.78, 5) is 14.3. The molecule has 1 aromatic carbocycles. The van der Waals surface area contributed by atoms with Gasteiger partial charge in [0.2, 0.25) is 5.91 Å². The predicted octanol–water partition coefficient (Wildman–Crippen LogP) is 3.35. The second kappa shape index (κ2) is 7.68. The van der Waals surface area contributed by atoms with Crippen molar-refractivity contribution in [2.75, 3.05) is 18.8 Å². The zero-order chi connectivity index (χ0) is 17.0. The van der Waals surface area contributed by atoms with Crippen LogP contribution in [0.15, 0.2) is 30.3 Å². The molecule has 5 heteroatoms. The van der Waals surface area contributed by atoms with Gasteiger partial charge in [0, 0.05) is 19.5 Å². The van der Waals surface area contributed by atoms with E-state index in [0.29, 0.717) is 31.8 Å². The minimum absolute atomic E-state index is 0.0712. The van der Waals surface area contributed by atoms with Gasteiger partial charge in [0.25, 0.3) is 0 Å². The Balaban J connectivity index is 1.61. The van der Waals surface area contributed by atoms with Crippen LogP contribution in [0.5, 0.6) is 0 Å². The van der Waals surface area contributed by atoms with E-state index >= 15 is 0 Å². The van der Waals surface area contributed by atoms with Gasteiger partial charge in [-0.1, -0.05) is 56.0 Å².